The highest BCUT2D eigenvalue weighted by molar-refractivity contribution is 6.32. The lowest BCUT2D eigenvalue weighted by Crippen LogP contribution is -2.49. The van der Waals surface area contributed by atoms with Gasteiger partial charge in [-0.15, -0.1) is 0 Å². The van der Waals surface area contributed by atoms with Crippen LogP contribution in [0.2, 0.25) is 5.02 Å². The topological polar surface area (TPSA) is 42.0 Å². The van der Waals surface area contributed by atoms with E-state index in [1.54, 1.807) is 32.4 Å². The number of piperazine rings is 1. The molecule has 144 valence electrons. The van der Waals surface area contributed by atoms with Crippen LogP contribution in [0.15, 0.2) is 36.4 Å². The van der Waals surface area contributed by atoms with E-state index in [4.69, 9.17) is 21.1 Å². The van der Waals surface area contributed by atoms with Gasteiger partial charge in [-0.3, -0.25) is 4.79 Å². The number of anilines is 1. The number of ether oxygens (including phenoxy) is 2. The summed E-state index contributed by atoms with van der Waals surface area (Å²) in [5, 5.41) is 0.492. The standard InChI is InChI=1S/C20H22ClFN2O3/c1-26-18-13-17(19(27-2)12-16(18)21)23-7-9-24(10-8-23)20(25)11-14-3-5-15(22)6-4-14/h3-6,12-13H,7-11H2,1-2H3. The number of rotatable bonds is 5. The molecule has 0 saturated carbocycles. The number of benzene rings is 2. The molecule has 1 aliphatic heterocycles. The Bertz CT molecular complexity index is 806. The molecule has 1 heterocycles. The molecule has 3 rings (SSSR count). The second-order valence-corrected chi connectivity index (χ2v) is 6.74. The zero-order valence-electron chi connectivity index (χ0n) is 15.4. The molecule has 5 nitrogen and oxygen atoms in total. The molecule has 0 atom stereocenters. The van der Waals surface area contributed by atoms with Crippen molar-refractivity contribution in [3.63, 3.8) is 0 Å². The van der Waals surface area contributed by atoms with Crippen molar-refractivity contribution in [1.29, 1.82) is 0 Å². The van der Waals surface area contributed by atoms with Gasteiger partial charge in [0.2, 0.25) is 5.91 Å². The fourth-order valence-electron chi connectivity index (χ4n) is 3.18. The van der Waals surface area contributed by atoms with Crippen LogP contribution in [0.5, 0.6) is 11.5 Å². The van der Waals surface area contributed by atoms with Crippen LogP contribution in [0.3, 0.4) is 0 Å². The second-order valence-electron chi connectivity index (χ2n) is 6.33. The summed E-state index contributed by atoms with van der Waals surface area (Å²) in [5.41, 5.74) is 1.71. The maximum absolute atomic E-state index is 13.0. The Balaban J connectivity index is 1.65. The van der Waals surface area contributed by atoms with Gasteiger partial charge in [0.1, 0.15) is 17.3 Å². The van der Waals surface area contributed by atoms with E-state index in [0.29, 0.717) is 42.7 Å². The van der Waals surface area contributed by atoms with E-state index in [2.05, 4.69) is 4.90 Å². The van der Waals surface area contributed by atoms with Gasteiger partial charge in [-0.25, -0.2) is 4.39 Å². The van der Waals surface area contributed by atoms with E-state index < -0.39 is 0 Å². The first-order valence-electron chi connectivity index (χ1n) is 8.70. The molecule has 0 N–H and O–H groups in total. The van der Waals surface area contributed by atoms with Gasteiger partial charge in [0.25, 0.3) is 0 Å². The van der Waals surface area contributed by atoms with Crippen LogP contribution >= 0.6 is 11.6 Å². The van der Waals surface area contributed by atoms with Crippen LogP contribution in [-0.2, 0) is 11.2 Å². The van der Waals surface area contributed by atoms with Crippen LogP contribution in [0.1, 0.15) is 5.56 Å². The van der Waals surface area contributed by atoms with Crippen molar-refractivity contribution in [3.8, 4) is 11.5 Å². The first-order valence-corrected chi connectivity index (χ1v) is 9.08. The summed E-state index contributed by atoms with van der Waals surface area (Å²) in [6.07, 6.45) is 0.276. The number of carbonyl (C=O) groups excluding carboxylic acids is 1. The van der Waals surface area contributed by atoms with E-state index in [9.17, 15) is 9.18 Å². The third-order valence-corrected chi connectivity index (χ3v) is 4.99. The number of methoxy groups -OCH3 is 2. The highest BCUT2D eigenvalue weighted by Gasteiger charge is 2.24. The molecular formula is C20H22ClFN2O3. The Morgan fingerprint density at radius 2 is 1.67 bits per heavy atom. The third-order valence-electron chi connectivity index (χ3n) is 4.69. The summed E-state index contributed by atoms with van der Waals surface area (Å²) >= 11 is 6.17. The van der Waals surface area contributed by atoms with Crippen molar-refractivity contribution in [2.45, 2.75) is 6.42 Å². The fourth-order valence-corrected chi connectivity index (χ4v) is 3.41. The highest BCUT2D eigenvalue weighted by atomic mass is 35.5. The molecule has 1 fully saturated rings. The summed E-state index contributed by atoms with van der Waals surface area (Å²) < 4.78 is 23.7. The van der Waals surface area contributed by atoms with E-state index in [1.165, 1.54) is 12.1 Å². The summed E-state index contributed by atoms with van der Waals surface area (Å²) in [7, 11) is 3.17. The van der Waals surface area contributed by atoms with Crippen LogP contribution in [-0.4, -0.2) is 51.2 Å². The molecule has 0 bridgehead atoms. The number of nitrogens with zero attached hydrogens (tertiary/aromatic N) is 2. The van der Waals surface area contributed by atoms with Crippen LogP contribution in [0.4, 0.5) is 10.1 Å². The Kier molecular flexibility index (Phi) is 6.06. The quantitative estimate of drug-likeness (QED) is 0.782. The normalized spacial score (nSPS) is 14.2. The fraction of sp³-hybridized carbons (Fsp3) is 0.350. The minimum Gasteiger partial charge on any atom is -0.495 e. The van der Waals surface area contributed by atoms with Gasteiger partial charge in [-0.05, 0) is 17.7 Å². The van der Waals surface area contributed by atoms with Crippen molar-refractivity contribution in [1.82, 2.24) is 4.90 Å². The molecule has 2 aromatic carbocycles. The summed E-state index contributed by atoms with van der Waals surface area (Å²) in [6, 6.07) is 9.64. The van der Waals surface area contributed by atoms with Gasteiger partial charge >= 0.3 is 0 Å². The Hall–Kier alpha value is -2.47. The number of halogens is 2. The van der Waals surface area contributed by atoms with Crippen molar-refractivity contribution in [2.24, 2.45) is 0 Å². The Morgan fingerprint density at radius 1 is 1.04 bits per heavy atom. The Morgan fingerprint density at radius 3 is 2.26 bits per heavy atom. The number of carbonyl (C=O) groups is 1. The monoisotopic (exact) mass is 392 g/mol. The second kappa shape index (κ2) is 8.48. The minimum absolute atomic E-state index is 0.0434. The molecule has 1 saturated heterocycles. The van der Waals surface area contributed by atoms with Crippen molar-refractivity contribution < 1.29 is 18.7 Å². The predicted octanol–water partition coefficient (Wildman–Crippen LogP) is 3.39. The molecule has 1 amide bonds. The molecule has 1 aliphatic rings. The number of hydrogen-bond donors (Lipinski definition) is 0. The first kappa shape index (κ1) is 19.3. The summed E-state index contributed by atoms with van der Waals surface area (Å²) in [4.78, 5) is 16.5. The van der Waals surface area contributed by atoms with Gasteiger partial charge in [-0.2, -0.15) is 0 Å². The molecule has 7 heteroatoms. The zero-order chi connectivity index (χ0) is 19.4. The van der Waals surface area contributed by atoms with E-state index >= 15 is 0 Å². The van der Waals surface area contributed by atoms with Gasteiger partial charge < -0.3 is 19.3 Å². The Labute approximate surface area is 163 Å². The maximum Gasteiger partial charge on any atom is 0.227 e. The van der Waals surface area contributed by atoms with Gasteiger partial charge in [0, 0.05) is 38.3 Å². The third kappa shape index (κ3) is 4.45. The maximum atomic E-state index is 13.0. The SMILES string of the molecule is COc1cc(N2CCN(C(=O)Cc3ccc(F)cc3)CC2)c(OC)cc1Cl. The molecule has 0 aliphatic carbocycles. The minimum atomic E-state index is -0.299. The van der Waals surface area contributed by atoms with Crippen LogP contribution in [0.25, 0.3) is 0 Å². The van der Waals surface area contributed by atoms with Crippen LogP contribution < -0.4 is 14.4 Å². The molecule has 0 radical (unpaired) electrons. The summed E-state index contributed by atoms with van der Waals surface area (Å²) in [5.74, 6) is 1.00. The molecular weight excluding hydrogens is 371 g/mol. The molecule has 0 unspecified atom stereocenters. The summed E-state index contributed by atoms with van der Waals surface area (Å²) in [6.45, 7) is 2.56. The number of hydrogen-bond acceptors (Lipinski definition) is 4. The van der Waals surface area contributed by atoms with Gasteiger partial charge in [0.05, 0.1) is 31.4 Å². The molecule has 2 aromatic rings. The lowest BCUT2D eigenvalue weighted by atomic mass is 10.1. The predicted molar refractivity (Wildman–Crippen MR) is 103 cm³/mol. The first-order chi connectivity index (χ1) is 13.0. The zero-order valence-corrected chi connectivity index (χ0v) is 16.1. The van der Waals surface area contributed by atoms with Crippen LogP contribution in [0, 0.1) is 5.82 Å². The average Bonchev–Trinajstić information content (AvgIpc) is 2.69. The lowest BCUT2D eigenvalue weighted by molar-refractivity contribution is -0.130. The van der Waals surface area contributed by atoms with Crippen molar-refractivity contribution >= 4 is 23.2 Å². The average molecular weight is 393 g/mol. The smallest absolute Gasteiger partial charge is 0.227 e. The molecule has 0 aromatic heterocycles. The largest absolute Gasteiger partial charge is 0.495 e. The van der Waals surface area contributed by atoms with Gasteiger partial charge in [-0.1, -0.05) is 23.7 Å². The van der Waals surface area contributed by atoms with Crippen molar-refractivity contribution in [3.05, 3.63) is 52.8 Å². The lowest BCUT2D eigenvalue weighted by Gasteiger charge is -2.37. The molecule has 27 heavy (non-hydrogen) atoms. The van der Waals surface area contributed by atoms with E-state index in [1.807, 2.05) is 11.0 Å². The molecule has 0 spiro atoms. The number of amides is 1. The highest BCUT2D eigenvalue weighted by Crippen LogP contribution is 2.38. The van der Waals surface area contributed by atoms with Crippen molar-refractivity contribution in [2.75, 3.05) is 45.3 Å². The van der Waals surface area contributed by atoms with Gasteiger partial charge in [0.15, 0.2) is 0 Å². The van der Waals surface area contributed by atoms with E-state index in [-0.39, 0.29) is 18.1 Å². The van der Waals surface area contributed by atoms with E-state index in [0.717, 1.165) is 11.3 Å².